The van der Waals surface area contributed by atoms with E-state index in [0.29, 0.717) is 18.5 Å². The normalized spacial score (nSPS) is 15.5. The van der Waals surface area contributed by atoms with Crippen LogP contribution in [0.2, 0.25) is 0 Å². The van der Waals surface area contributed by atoms with Gasteiger partial charge in [0.1, 0.15) is 5.82 Å². The molecule has 0 atom stereocenters. The van der Waals surface area contributed by atoms with Gasteiger partial charge in [-0.05, 0) is 37.3 Å². The lowest BCUT2D eigenvalue weighted by molar-refractivity contribution is 0.143. The number of benzene rings is 3. The van der Waals surface area contributed by atoms with Crippen LogP contribution in [0, 0.1) is 12.7 Å². The first-order chi connectivity index (χ1) is 16.8. The summed E-state index contributed by atoms with van der Waals surface area (Å²) in [5, 5.41) is 6.11. The molecule has 1 aromatic heterocycles. The maximum Gasteiger partial charge on any atom is 0.275 e. The molecule has 9 heteroatoms. The molecule has 2 heterocycles. The van der Waals surface area contributed by atoms with Gasteiger partial charge in [0, 0.05) is 37.1 Å². The third kappa shape index (κ3) is 4.62. The average molecular weight is 493 g/mol. The molecule has 0 radical (unpaired) electrons. The molecule has 0 bridgehead atoms. The summed E-state index contributed by atoms with van der Waals surface area (Å²) in [5.74, 6) is -0.480. The van der Waals surface area contributed by atoms with E-state index >= 15 is 0 Å². The maximum atomic E-state index is 13.2. The molecule has 0 aliphatic carbocycles. The quantitative estimate of drug-likeness (QED) is 0.427. The molecule has 4 aromatic rings. The van der Waals surface area contributed by atoms with Crippen LogP contribution in [0.15, 0.2) is 82.5 Å². The highest BCUT2D eigenvalue weighted by Crippen LogP contribution is 2.25. The van der Waals surface area contributed by atoms with Gasteiger partial charge in [0.05, 0.1) is 22.6 Å². The molecule has 1 aliphatic rings. The fourth-order valence-corrected chi connectivity index (χ4v) is 5.73. The van der Waals surface area contributed by atoms with Gasteiger partial charge in [-0.1, -0.05) is 48.0 Å². The van der Waals surface area contributed by atoms with Crippen LogP contribution >= 0.6 is 0 Å². The van der Waals surface area contributed by atoms with Crippen molar-refractivity contribution in [3.8, 4) is 11.3 Å². The van der Waals surface area contributed by atoms with Crippen LogP contribution in [0.25, 0.3) is 22.0 Å². The molecule has 5 rings (SSSR count). The van der Waals surface area contributed by atoms with E-state index in [2.05, 4.69) is 0 Å². The van der Waals surface area contributed by atoms with Crippen molar-refractivity contribution in [1.82, 2.24) is 19.0 Å². The lowest BCUT2D eigenvalue weighted by Gasteiger charge is -2.33. The van der Waals surface area contributed by atoms with E-state index in [1.807, 2.05) is 54.3 Å². The number of rotatable bonds is 5. The van der Waals surface area contributed by atoms with E-state index < -0.39 is 15.8 Å². The van der Waals surface area contributed by atoms with Crippen molar-refractivity contribution in [2.24, 2.45) is 0 Å². The van der Waals surface area contributed by atoms with Crippen molar-refractivity contribution >= 4 is 20.8 Å². The largest absolute Gasteiger partial charge is 0.282 e. The molecule has 3 aromatic carbocycles. The van der Waals surface area contributed by atoms with Crippen LogP contribution in [0.1, 0.15) is 5.56 Å². The SMILES string of the molecule is Cc1ccc(-c2nn(CN3CCN(S(=O)(=O)c4ccc(F)cc4)CC3)c(=O)c3ccccc23)cc1. The second-order valence-corrected chi connectivity index (χ2v) is 10.6. The van der Waals surface area contributed by atoms with E-state index in [0.717, 1.165) is 34.3 Å². The monoisotopic (exact) mass is 492 g/mol. The Hall–Kier alpha value is -3.40. The van der Waals surface area contributed by atoms with E-state index in [1.165, 1.54) is 21.1 Å². The molecule has 0 amide bonds. The Morgan fingerprint density at radius 2 is 1.49 bits per heavy atom. The van der Waals surface area contributed by atoms with Gasteiger partial charge >= 0.3 is 0 Å². The molecule has 0 N–H and O–H groups in total. The highest BCUT2D eigenvalue weighted by atomic mass is 32.2. The van der Waals surface area contributed by atoms with Crippen molar-refractivity contribution < 1.29 is 12.8 Å². The lowest BCUT2D eigenvalue weighted by Crippen LogP contribution is -2.49. The predicted molar refractivity (Wildman–Crippen MR) is 133 cm³/mol. The number of hydrogen-bond acceptors (Lipinski definition) is 5. The number of hydrogen-bond donors (Lipinski definition) is 0. The summed E-state index contributed by atoms with van der Waals surface area (Å²) in [7, 11) is -3.70. The molecule has 35 heavy (non-hydrogen) atoms. The van der Waals surface area contributed by atoms with Gasteiger partial charge in [-0.3, -0.25) is 9.69 Å². The summed E-state index contributed by atoms with van der Waals surface area (Å²) >= 11 is 0. The minimum atomic E-state index is -3.70. The summed E-state index contributed by atoms with van der Waals surface area (Å²) in [5.41, 5.74) is 2.62. The Morgan fingerprint density at radius 3 is 2.14 bits per heavy atom. The number of sulfonamides is 1. The zero-order chi connectivity index (χ0) is 24.6. The standard InChI is InChI=1S/C26H25FN4O3S/c1-19-6-8-20(9-7-19)25-23-4-2-3-5-24(23)26(32)31(28-25)18-29-14-16-30(17-15-29)35(33,34)22-12-10-21(27)11-13-22/h2-13H,14-18H2,1H3. The first-order valence-corrected chi connectivity index (χ1v) is 12.8. The van der Waals surface area contributed by atoms with Crippen LogP contribution in [0.4, 0.5) is 4.39 Å². The van der Waals surface area contributed by atoms with Crippen LogP contribution in [0.3, 0.4) is 0 Å². The van der Waals surface area contributed by atoms with E-state index in [1.54, 1.807) is 6.07 Å². The van der Waals surface area contributed by atoms with Crippen molar-refractivity contribution in [1.29, 1.82) is 0 Å². The Morgan fingerprint density at radius 1 is 0.857 bits per heavy atom. The topological polar surface area (TPSA) is 75.5 Å². The Balaban J connectivity index is 1.39. The van der Waals surface area contributed by atoms with Gasteiger partial charge < -0.3 is 0 Å². The predicted octanol–water partition coefficient (Wildman–Crippen LogP) is 3.48. The zero-order valence-corrected chi connectivity index (χ0v) is 20.1. The van der Waals surface area contributed by atoms with Gasteiger partial charge in [-0.15, -0.1) is 0 Å². The second kappa shape index (κ2) is 9.33. The smallest absolute Gasteiger partial charge is 0.275 e. The molecular weight excluding hydrogens is 467 g/mol. The van der Waals surface area contributed by atoms with E-state index in [-0.39, 0.29) is 30.2 Å². The van der Waals surface area contributed by atoms with Crippen LogP contribution < -0.4 is 5.56 Å². The molecule has 0 unspecified atom stereocenters. The average Bonchev–Trinajstić information content (AvgIpc) is 2.87. The van der Waals surface area contributed by atoms with Crippen molar-refractivity contribution in [3.63, 3.8) is 0 Å². The van der Waals surface area contributed by atoms with Crippen molar-refractivity contribution in [2.45, 2.75) is 18.5 Å². The van der Waals surface area contributed by atoms with Gasteiger partial charge in [-0.2, -0.15) is 9.40 Å². The number of halogens is 1. The summed E-state index contributed by atoms with van der Waals surface area (Å²) < 4.78 is 41.9. The Kier molecular flexibility index (Phi) is 6.22. The first kappa shape index (κ1) is 23.3. The number of fused-ring (bicyclic) bond motifs is 1. The first-order valence-electron chi connectivity index (χ1n) is 11.4. The van der Waals surface area contributed by atoms with Crippen molar-refractivity contribution in [2.75, 3.05) is 26.2 Å². The van der Waals surface area contributed by atoms with Crippen molar-refractivity contribution in [3.05, 3.63) is 94.5 Å². The minimum absolute atomic E-state index is 0.0718. The molecule has 0 saturated carbocycles. The van der Waals surface area contributed by atoms with Gasteiger partial charge in [0.2, 0.25) is 10.0 Å². The number of aryl methyl sites for hydroxylation is 1. The Bertz CT molecular complexity index is 1530. The molecular formula is C26H25FN4O3S. The molecule has 1 aliphatic heterocycles. The van der Waals surface area contributed by atoms with Gasteiger partial charge in [0.25, 0.3) is 5.56 Å². The van der Waals surface area contributed by atoms with E-state index in [9.17, 15) is 17.6 Å². The summed E-state index contributed by atoms with van der Waals surface area (Å²) in [4.78, 5) is 15.3. The number of nitrogens with zero attached hydrogens (tertiary/aromatic N) is 4. The Labute approximate surface area is 203 Å². The molecule has 7 nitrogen and oxygen atoms in total. The van der Waals surface area contributed by atoms with Gasteiger partial charge in [-0.25, -0.2) is 17.5 Å². The zero-order valence-electron chi connectivity index (χ0n) is 19.3. The van der Waals surface area contributed by atoms with Crippen LogP contribution in [0.5, 0.6) is 0 Å². The fourth-order valence-electron chi connectivity index (χ4n) is 4.31. The summed E-state index contributed by atoms with van der Waals surface area (Å²) in [6.45, 7) is 3.71. The highest BCUT2D eigenvalue weighted by molar-refractivity contribution is 7.89. The molecule has 1 fully saturated rings. The molecule has 180 valence electrons. The van der Waals surface area contributed by atoms with Gasteiger partial charge in [0.15, 0.2) is 0 Å². The molecule has 1 saturated heterocycles. The summed E-state index contributed by atoms with van der Waals surface area (Å²) in [6, 6.07) is 20.3. The highest BCUT2D eigenvalue weighted by Gasteiger charge is 2.29. The van der Waals surface area contributed by atoms with Crippen LogP contribution in [-0.4, -0.2) is 53.6 Å². The maximum absolute atomic E-state index is 13.2. The minimum Gasteiger partial charge on any atom is -0.282 e. The third-order valence-corrected chi connectivity index (χ3v) is 8.22. The molecule has 0 spiro atoms. The third-order valence-electron chi connectivity index (χ3n) is 6.31. The van der Waals surface area contributed by atoms with E-state index in [4.69, 9.17) is 5.10 Å². The number of aromatic nitrogens is 2. The lowest BCUT2D eigenvalue weighted by atomic mass is 10.0. The van der Waals surface area contributed by atoms with Crippen LogP contribution in [-0.2, 0) is 16.7 Å². The number of piperazine rings is 1. The fraction of sp³-hybridized carbons (Fsp3) is 0.231. The second-order valence-electron chi connectivity index (χ2n) is 8.68. The summed E-state index contributed by atoms with van der Waals surface area (Å²) in [6.07, 6.45) is 0.